The van der Waals surface area contributed by atoms with Crippen molar-refractivity contribution in [3.8, 4) is 11.5 Å². The normalized spacial score (nSPS) is 10.7. The van der Waals surface area contributed by atoms with Crippen LogP contribution in [0.3, 0.4) is 0 Å². The lowest BCUT2D eigenvalue weighted by Gasteiger charge is -2.13. The third kappa shape index (κ3) is 6.38. The van der Waals surface area contributed by atoms with Crippen LogP contribution < -0.4 is 14.9 Å². The molecule has 0 radical (unpaired) electrons. The first-order chi connectivity index (χ1) is 16.7. The summed E-state index contributed by atoms with van der Waals surface area (Å²) in [6.45, 7) is 0.156. The molecule has 3 rings (SSSR count). The lowest BCUT2D eigenvalue weighted by atomic mass is 10.2. The van der Waals surface area contributed by atoms with Gasteiger partial charge in [-0.3, -0.25) is 35.8 Å². The van der Waals surface area contributed by atoms with Gasteiger partial charge in [0.15, 0.2) is 11.5 Å². The molecular formula is C21H16IN5O8. The zero-order valence-electron chi connectivity index (χ0n) is 17.9. The van der Waals surface area contributed by atoms with Crippen molar-refractivity contribution < 1.29 is 24.2 Å². The number of hydrazone groups is 1. The van der Waals surface area contributed by atoms with Crippen LogP contribution >= 0.6 is 22.6 Å². The highest BCUT2D eigenvalue weighted by Gasteiger charge is 2.19. The summed E-state index contributed by atoms with van der Waals surface area (Å²) in [5.74, 6) is 0.865. The number of nitrogens with one attached hydrogen (secondary N) is 1. The minimum absolute atomic E-state index is 0.0124. The van der Waals surface area contributed by atoms with Crippen LogP contribution in [-0.4, -0.2) is 28.1 Å². The summed E-state index contributed by atoms with van der Waals surface area (Å²) in [7, 11) is 1.46. The van der Waals surface area contributed by atoms with E-state index in [9.17, 15) is 30.3 Å². The minimum atomic E-state index is -0.742. The van der Waals surface area contributed by atoms with Crippen LogP contribution in [-0.2, 0) is 6.61 Å². The summed E-state index contributed by atoms with van der Waals surface area (Å²) >= 11 is 2.05. The zero-order valence-corrected chi connectivity index (χ0v) is 20.1. The number of benzene rings is 3. The second kappa shape index (κ2) is 11.2. The number of rotatable bonds is 10. The van der Waals surface area contributed by atoms with Crippen LogP contribution in [0.2, 0.25) is 0 Å². The maximum atomic E-state index is 11.2. The first kappa shape index (κ1) is 25.3. The fourth-order valence-electron chi connectivity index (χ4n) is 2.88. The highest BCUT2D eigenvalue weighted by molar-refractivity contribution is 14.1. The number of hydrogen-bond acceptors (Lipinski definition) is 10. The van der Waals surface area contributed by atoms with Crippen LogP contribution in [0.5, 0.6) is 11.5 Å². The van der Waals surface area contributed by atoms with Gasteiger partial charge in [0, 0.05) is 18.2 Å². The third-order valence-corrected chi connectivity index (χ3v) is 5.37. The standard InChI is InChI=1S/C21H16IN5O8/c1-34-20-9-14(11-23-24-18-7-6-16(26(30)31)10-19(18)27(32)33)8-17(22)21(20)35-12-13-2-4-15(5-3-13)25(28)29/h2-11,24H,12H2,1H3/b23-11+. The number of ether oxygens (including phenoxy) is 2. The molecule has 0 atom stereocenters. The van der Waals surface area contributed by atoms with Gasteiger partial charge < -0.3 is 9.47 Å². The highest BCUT2D eigenvalue weighted by Crippen LogP contribution is 2.34. The fourth-order valence-corrected chi connectivity index (χ4v) is 3.66. The molecule has 180 valence electrons. The number of non-ortho nitro benzene ring substituents is 2. The number of anilines is 1. The number of halogens is 1. The molecule has 35 heavy (non-hydrogen) atoms. The molecule has 3 aromatic rings. The number of nitro benzene ring substituents is 3. The molecule has 0 aliphatic carbocycles. The molecule has 13 nitrogen and oxygen atoms in total. The van der Waals surface area contributed by atoms with E-state index >= 15 is 0 Å². The van der Waals surface area contributed by atoms with Crippen molar-refractivity contribution in [3.05, 3.63) is 99.6 Å². The second-order valence-corrected chi connectivity index (χ2v) is 7.99. The molecule has 0 aromatic heterocycles. The molecule has 1 N–H and O–H groups in total. The van der Waals surface area contributed by atoms with Crippen LogP contribution in [0.15, 0.2) is 59.7 Å². The van der Waals surface area contributed by atoms with Gasteiger partial charge in [-0.05, 0) is 64.0 Å². The van der Waals surface area contributed by atoms with E-state index in [0.717, 1.165) is 17.7 Å². The van der Waals surface area contributed by atoms with Crippen molar-refractivity contribution in [1.29, 1.82) is 0 Å². The van der Waals surface area contributed by atoms with Gasteiger partial charge in [0.25, 0.3) is 11.4 Å². The Morgan fingerprint density at radius 2 is 1.60 bits per heavy atom. The lowest BCUT2D eigenvalue weighted by Crippen LogP contribution is -2.01. The topological polar surface area (TPSA) is 172 Å². The Hall–Kier alpha value is -4.34. The molecule has 3 aromatic carbocycles. The van der Waals surface area contributed by atoms with Gasteiger partial charge in [0.05, 0.1) is 37.7 Å². The average molecular weight is 593 g/mol. The Morgan fingerprint density at radius 1 is 0.943 bits per heavy atom. The molecule has 0 spiro atoms. The molecule has 0 fully saturated rings. The molecule has 0 saturated carbocycles. The van der Waals surface area contributed by atoms with Crippen molar-refractivity contribution in [2.45, 2.75) is 6.61 Å². The second-order valence-electron chi connectivity index (χ2n) is 6.83. The van der Waals surface area contributed by atoms with Gasteiger partial charge >= 0.3 is 5.69 Å². The van der Waals surface area contributed by atoms with E-state index < -0.39 is 26.1 Å². The predicted molar refractivity (Wildman–Crippen MR) is 134 cm³/mol. The summed E-state index contributed by atoms with van der Waals surface area (Å²) in [5, 5.41) is 36.9. The van der Waals surface area contributed by atoms with Gasteiger partial charge in [-0.15, -0.1) is 0 Å². The van der Waals surface area contributed by atoms with E-state index in [4.69, 9.17) is 9.47 Å². The Labute approximate surface area is 211 Å². The van der Waals surface area contributed by atoms with Crippen molar-refractivity contribution >= 4 is 51.6 Å². The Kier molecular flexibility index (Phi) is 8.08. The van der Waals surface area contributed by atoms with Crippen molar-refractivity contribution in [1.82, 2.24) is 0 Å². The maximum Gasteiger partial charge on any atom is 0.301 e. The first-order valence-corrected chi connectivity index (χ1v) is 10.7. The monoisotopic (exact) mass is 593 g/mol. The van der Waals surface area contributed by atoms with E-state index in [2.05, 4.69) is 10.5 Å². The molecule has 0 aliphatic heterocycles. The smallest absolute Gasteiger partial charge is 0.301 e. The summed E-state index contributed by atoms with van der Waals surface area (Å²) in [6.07, 6.45) is 1.40. The predicted octanol–water partition coefficient (Wildman–Crippen LogP) is 5.05. The van der Waals surface area contributed by atoms with Gasteiger partial charge in [-0.25, -0.2) is 0 Å². The number of hydrogen-bond donors (Lipinski definition) is 1. The van der Waals surface area contributed by atoms with Crippen molar-refractivity contribution in [3.63, 3.8) is 0 Å². The average Bonchev–Trinajstić information content (AvgIpc) is 2.83. The SMILES string of the molecule is COc1cc(/C=N/Nc2ccc([N+](=O)[O-])cc2[N+](=O)[O-])cc(I)c1OCc1ccc([N+](=O)[O-])cc1. The van der Waals surface area contributed by atoms with Gasteiger partial charge in [0.2, 0.25) is 0 Å². The van der Waals surface area contributed by atoms with E-state index in [-0.39, 0.29) is 18.0 Å². The van der Waals surface area contributed by atoms with Gasteiger partial charge in [-0.2, -0.15) is 5.10 Å². The van der Waals surface area contributed by atoms with Gasteiger partial charge in [-0.1, -0.05) is 0 Å². The molecule has 0 heterocycles. The molecule has 0 bridgehead atoms. The quantitative estimate of drug-likeness (QED) is 0.146. The number of methoxy groups -OCH3 is 1. The third-order valence-electron chi connectivity index (χ3n) is 4.57. The summed E-state index contributed by atoms with van der Waals surface area (Å²) in [6, 6.07) is 12.5. The number of nitrogens with zero attached hydrogens (tertiary/aromatic N) is 4. The highest BCUT2D eigenvalue weighted by atomic mass is 127. The molecule has 0 saturated heterocycles. The van der Waals surface area contributed by atoms with Crippen molar-refractivity contribution in [2.75, 3.05) is 12.5 Å². The molecule has 14 heteroatoms. The summed E-state index contributed by atoms with van der Waals surface area (Å²) in [4.78, 5) is 30.9. The Bertz CT molecular complexity index is 1310. The maximum absolute atomic E-state index is 11.2. The fraction of sp³-hybridized carbons (Fsp3) is 0.0952. The molecular weight excluding hydrogens is 577 g/mol. The zero-order chi connectivity index (χ0) is 25.5. The van der Waals surface area contributed by atoms with E-state index in [1.165, 1.54) is 31.5 Å². The van der Waals surface area contributed by atoms with Gasteiger partial charge in [0.1, 0.15) is 12.3 Å². The van der Waals surface area contributed by atoms with Crippen LogP contribution in [0.25, 0.3) is 0 Å². The summed E-state index contributed by atoms with van der Waals surface area (Å²) < 4.78 is 11.9. The molecule has 0 unspecified atom stereocenters. The first-order valence-electron chi connectivity index (χ1n) is 9.65. The molecule has 0 aliphatic rings. The van der Waals surface area contributed by atoms with E-state index in [0.29, 0.717) is 20.6 Å². The van der Waals surface area contributed by atoms with Crippen LogP contribution in [0, 0.1) is 33.9 Å². The minimum Gasteiger partial charge on any atom is -0.493 e. The van der Waals surface area contributed by atoms with Crippen LogP contribution in [0.4, 0.5) is 22.7 Å². The largest absolute Gasteiger partial charge is 0.493 e. The van der Waals surface area contributed by atoms with E-state index in [1.807, 2.05) is 22.6 Å². The van der Waals surface area contributed by atoms with Crippen molar-refractivity contribution in [2.24, 2.45) is 5.10 Å². The summed E-state index contributed by atoms with van der Waals surface area (Å²) in [5.41, 5.74) is 2.92. The Balaban J connectivity index is 1.75. The lowest BCUT2D eigenvalue weighted by molar-refractivity contribution is -0.393. The Morgan fingerprint density at radius 3 is 2.20 bits per heavy atom. The molecule has 0 amide bonds. The van der Waals surface area contributed by atoms with Crippen LogP contribution in [0.1, 0.15) is 11.1 Å². The van der Waals surface area contributed by atoms with E-state index in [1.54, 1.807) is 24.3 Å². The number of nitro groups is 3.